The molecule has 0 atom stereocenters. The fourth-order valence-corrected chi connectivity index (χ4v) is 1.53. The number of hydrogen-bond donors (Lipinski definition) is 1. The summed E-state index contributed by atoms with van der Waals surface area (Å²) in [6, 6.07) is 4.17. The molecule has 1 aromatic rings. The fourth-order valence-electron chi connectivity index (χ4n) is 1.53. The van der Waals surface area contributed by atoms with E-state index in [4.69, 9.17) is 0 Å². The SMILES string of the molecule is CCCCN(C)Cc1ccnc(NC)c1. The molecule has 0 aliphatic carbocycles. The average molecular weight is 207 g/mol. The van der Waals surface area contributed by atoms with Crippen LogP contribution < -0.4 is 5.32 Å². The number of aromatic nitrogens is 1. The third kappa shape index (κ3) is 4.30. The summed E-state index contributed by atoms with van der Waals surface area (Å²) in [6.45, 7) is 4.38. The van der Waals surface area contributed by atoms with Crippen molar-refractivity contribution in [1.82, 2.24) is 9.88 Å². The molecular formula is C12H21N3. The Morgan fingerprint density at radius 2 is 2.27 bits per heavy atom. The van der Waals surface area contributed by atoms with E-state index in [1.165, 1.54) is 18.4 Å². The smallest absolute Gasteiger partial charge is 0.125 e. The minimum atomic E-state index is 0.941. The van der Waals surface area contributed by atoms with Crippen LogP contribution in [0, 0.1) is 0 Å². The van der Waals surface area contributed by atoms with E-state index < -0.39 is 0 Å². The predicted molar refractivity (Wildman–Crippen MR) is 65.0 cm³/mol. The molecule has 1 aromatic heterocycles. The van der Waals surface area contributed by atoms with E-state index in [1.54, 1.807) is 0 Å². The van der Waals surface area contributed by atoms with E-state index in [9.17, 15) is 0 Å². The van der Waals surface area contributed by atoms with Crippen molar-refractivity contribution in [2.24, 2.45) is 0 Å². The second-order valence-electron chi connectivity index (χ2n) is 3.89. The van der Waals surface area contributed by atoms with Gasteiger partial charge < -0.3 is 10.2 Å². The van der Waals surface area contributed by atoms with Crippen molar-refractivity contribution in [1.29, 1.82) is 0 Å². The summed E-state index contributed by atoms with van der Waals surface area (Å²) in [6.07, 6.45) is 4.37. The van der Waals surface area contributed by atoms with Gasteiger partial charge in [-0.05, 0) is 37.7 Å². The molecule has 0 saturated carbocycles. The van der Waals surface area contributed by atoms with Gasteiger partial charge in [-0.1, -0.05) is 13.3 Å². The van der Waals surface area contributed by atoms with E-state index in [1.807, 2.05) is 13.2 Å². The largest absolute Gasteiger partial charge is 0.373 e. The van der Waals surface area contributed by atoms with Crippen molar-refractivity contribution in [2.45, 2.75) is 26.3 Å². The van der Waals surface area contributed by atoms with E-state index in [0.29, 0.717) is 0 Å². The van der Waals surface area contributed by atoms with Crippen molar-refractivity contribution < 1.29 is 0 Å². The Morgan fingerprint density at radius 3 is 2.93 bits per heavy atom. The van der Waals surface area contributed by atoms with Crippen LogP contribution >= 0.6 is 0 Å². The van der Waals surface area contributed by atoms with Crippen molar-refractivity contribution in [3.8, 4) is 0 Å². The van der Waals surface area contributed by atoms with Crippen LogP contribution in [0.4, 0.5) is 5.82 Å². The average Bonchev–Trinajstić information content (AvgIpc) is 2.26. The lowest BCUT2D eigenvalue weighted by atomic mass is 10.2. The van der Waals surface area contributed by atoms with Crippen LogP contribution in [0.3, 0.4) is 0 Å². The summed E-state index contributed by atoms with van der Waals surface area (Å²) in [5.74, 6) is 0.941. The minimum absolute atomic E-state index is 0.941. The molecule has 0 aromatic carbocycles. The molecule has 0 unspecified atom stereocenters. The van der Waals surface area contributed by atoms with Gasteiger partial charge in [-0.3, -0.25) is 0 Å². The molecule has 0 fully saturated rings. The molecule has 1 rings (SSSR count). The van der Waals surface area contributed by atoms with Gasteiger partial charge in [0.15, 0.2) is 0 Å². The van der Waals surface area contributed by atoms with E-state index in [0.717, 1.165) is 18.9 Å². The van der Waals surface area contributed by atoms with Crippen molar-refractivity contribution >= 4 is 5.82 Å². The first-order chi connectivity index (χ1) is 7.26. The zero-order valence-corrected chi connectivity index (χ0v) is 9.95. The number of rotatable bonds is 6. The lowest BCUT2D eigenvalue weighted by Crippen LogP contribution is -2.19. The maximum absolute atomic E-state index is 4.20. The third-order valence-corrected chi connectivity index (χ3v) is 2.43. The third-order valence-electron chi connectivity index (χ3n) is 2.43. The van der Waals surface area contributed by atoms with Crippen LogP contribution in [0.15, 0.2) is 18.3 Å². The molecule has 0 amide bonds. The van der Waals surface area contributed by atoms with Crippen LogP contribution in [0.25, 0.3) is 0 Å². The van der Waals surface area contributed by atoms with Gasteiger partial charge in [0, 0.05) is 19.8 Å². The molecular weight excluding hydrogens is 186 g/mol. The molecule has 3 heteroatoms. The molecule has 84 valence electrons. The second kappa shape index (κ2) is 6.40. The predicted octanol–water partition coefficient (Wildman–Crippen LogP) is 2.36. The first kappa shape index (κ1) is 12.0. The fraction of sp³-hybridized carbons (Fsp3) is 0.583. The summed E-state index contributed by atoms with van der Waals surface area (Å²) in [7, 11) is 4.06. The van der Waals surface area contributed by atoms with Gasteiger partial charge in [0.05, 0.1) is 0 Å². The lowest BCUT2D eigenvalue weighted by molar-refractivity contribution is 0.321. The van der Waals surface area contributed by atoms with Crippen LogP contribution in [0.5, 0.6) is 0 Å². The Kier molecular flexibility index (Phi) is 5.12. The zero-order chi connectivity index (χ0) is 11.1. The van der Waals surface area contributed by atoms with Crippen LogP contribution in [0.2, 0.25) is 0 Å². The van der Waals surface area contributed by atoms with E-state index >= 15 is 0 Å². The highest BCUT2D eigenvalue weighted by atomic mass is 15.1. The Bertz CT molecular complexity index is 286. The van der Waals surface area contributed by atoms with Crippen LogP contribution in [-0.4, -0.2) is 30.5 Å². The molecule has 0 saturated heterocycles. The summed E-state index contributed by atoms with van der Waals surface area (Å²) in [5, 5.41) is 3.05. The van der Waals surface area contributed by atoms with E-state index in [-0.39, 0.29) is 0 Å². The standard InChI is InChI=1S/C12H21N3/c1-4-5-8-15(3)10-11-6-7-14-12(9-11)13-2/h6-7,9H,4-5,8,10H2,1-3H3,(H,13,14). The molecule has 0 radical (unpaired) electrons. The monoisotopic (exact) mass is 207 g/mol. The number of pyridine rings is 1. The van der Waals surface area contributed by atoms with Crippen molar-refractivity contribution in [2.75, 3.05) is 26.0 Å². The Labute approximate surface area is 92.5 Å². The van der Waals surface area contributed by atoms with E-state index in [2.05, 4.69) is 41.3 Å². The first-order valence-corrected chi connectivity index (χ1v) is 5.57. The van der Waals surface area contributed by atoms with Crippen molar-refractivity contribution in [3.63, 3.8) is 0 Å². The normalized spacial score (nSPS) is 10.7. The zero-order valence-electron chi connectivity index (χ0n) is 9.95. The number of nitrogens with one attached hydrogen (secondary N) is 1. The molecule has 0 spiro atoms. The van der Waals surface area contributed by atoms with Gasteiger partial charge in [0.2, 0.25) is 0 Å². The lowest BCUT2D eigenvalue weighted by Gasteiger charge is -2.16. The first-order valence-electron chi connectivity index (χ1n) is 5.57. The summed E-state index contributed by atoms with van der Waals surface area (Å²) >= 11 is 0. The highest BCUT2D eigenvalue weighted by Crippen LogP contribution is 2.08. The molecule has 0 aliphatic rings. The molecule has 15 heavy (non-hydrogen) atoms. The van der Waals surface area contributed by atoms with Gasteiger partial charge in [0.1, 0.15) is 5.82 Å². The van der Waals surface area contributed by atoms with Crippen LogP contribution in [0.1, 0.15) is 25.3 Å². The Hall–Kier alpha value is -1.09. The summed E-state index contributed by atoms with van der Waals surface area (Å²) < 4.78 is 0. The molecule has 0 aliphatic heterocycles. The maximum atomic E-state index is 4.20. The highest BCUT2D eigenvalue weighted by molar-refractivity contribution is 5.36. The number of nitrogens with zero attached hydrogens (tertiary/aromatic N) is 2. The molecule has 1 heterocycles. The van der Waals surface area contributed by atoms with Crippen molar-refractivity contribution in [3.05, 3.63) is 23.9 Å². The number of unbranched alkanes of at least 4 members (excludes halogenated alkanes) is 1. The number of anilines is 1. The van der Waals surface area contributed by atoms with Gasteiger partial charge >= 0.3 is 0 Å². The topological polar surface area (TPSA) is 28.2 Å². The van der Waals surface area contributed by atoms with Crippen LogP contribution in [-0.2, 0) is 6.54 Å². The molecule has 0 bridgehead atoms. The highest BCUT2D eigenvalue weighted by Gasteiger charge is 2.00. The summed E-state index contributed by atoms with van der Waals surface area (Å²) in [5.41, 5.74) is 1.31. The quantitative estimate of drug-likeness (QED) is 0.776. The van der Waals surface area contributed by atoms with Gasteiger partial charge in [-0.25, -0.2) is 4.98 Å². The van der Waals surface area contributed by atoms with Gasteiger partial charge in [-0.2, -0.15) is 0 Å². The summed E-state index contributed by atoms with van der Waals surface area (Å²) in [4.78, 5) is 6.54. The Morgan fingerprint density at radius 1 is 1.47 bits per heavy atom. The van der Waals surface area contributed by atoms with Gasteiger partial charge in [0.25, 0.3) is 0 Å². The number of hydrogen-bond acceptors (Lipinski definition) is 3. The Balaban J connectivity index is 2.48. The maximum Gasteiger partial charge on any atom is 0.125 e. The second-order valence-corrected chi connectivity index (χ2v) is 3.89. The molecule has 3 nitrogen and oxygen atoms in total. The molecule has 1 N–H and O–H groups in total. The minimum Gasteiger partial charge on any atom is -0.373 e. The van der Waals surface area contributed by atoms with Gasteiger partial charge in [-0.15, -0.1) is 0 Å².